The lowest BCUT2D eigenvalue weighted by Crippen LogP contribution is -2.41. The molecule has 0 bridgehead atoms. The van der Waals surface area contributed by atoms with E-state index in [4.69, 9.17) is 0 Å². The summed E-state index contributed by atoms with van der Waals surface area (Å²) in [6, 6.07) is 0.877. The van der Waals surface area contributed by atoms with Crippen LogP contribution in [-0.2, 0) is 0 Å². The maximum atomic E-state index is 3.52. The lowest BCUT2D eigenvalue weighted by atomic mass is 9.99. The van der Waals surface area contributed by atoms with E-state index in [2.05, 4.69) is 16.5 Å². The third kappa shape index (κ3) is 3.36. The summed E-state index contributed by atoms with van der Waals surface area (Å²) >= 11 is 2.01. The minimum Gasteiger partial charge on any atom is -0.316 e. The maximum Gasteiger partial charge on any atom is 0.0186 e. The molecule has 2 aliphatic rings. The second-order valence-corrected chi connectivity index (χ2v) is 5.87. The van der Waals surface area contributed by atoms with Gasteiger partial charge in [0.15, 0.2) is 0 Å². The van der Waals surface area contributed by atoms with Crippen LogP contribution in [0.3, 0.4) is 0 Å². The molecule has 2 fully saturated rings. The van der Waals surface area contributed by atoms with Crippen molar-refractivity contribution in [2.45, 2.75) is 31.7 Å². The molecule has 0 aromatic heterocycles. The number of nitrogens with one attached hydrogen (secondary N) is 1. The van der Waals surface area contributed by atoms with Gasteiger partial charge in [-0.25, -0.2) is 0 Å². The Morgan fingerprint density at radius 2 is 2.27 bits per heavy atom. The number of rotatable bonds is 4. The summed E-state index contributed by atoms with van der Waals surface area (Å²) in [5.41, 5.74) is 0. The van der Waals surface area contributed by atoms with Crippen molar-refractivity contribution in [1.82, 2.24) is 10.2 Å². The Kier molecular flexibility index (Phi) is 4.79. The monoisotopic (exact) mass is 228 g/mol. The predicted molar refractivity (Wildman–Crippen MR) is 68.6 cm³/mol. The quantitative estimate of drug-likeness (QED) is 0.790. The van der Waals surface area contributed by atoms with Crippen molar-refractivity contribution in [3.63, 3.8) is 0 Å². The first-order chi connectivity index (χ1) is 7.40. The molecule has 3 heteroatoms. The highest BCUT2D eigenvalue weighted by atomic mass is 32.2. The normalized spacial score (nSPS) is 33.4. The zero-order chi connectivity index (χ0) is 10.5. The fraction of sp³-hybridized carbons (Fsp3) is 1.00. The molecule has 2 atom stereocenters. The molecule has 0 aliphatic carbocycles. The van der Waals surface area contributed by atoms with Crippen molar-refractivity contribution in [2.75, 3.05) is 38.2 Å². The van der Waals surface area contributed by atoms with Crippen LogP contribution >= 0.6 is 11.8 Å². The Morgan fingerprint density at radius 3 is 3.00 bits per heavy atom. The summed E-state index contributed by atoms with van der Waals surface area (Å²) in [5, 5.41) is 3.52. The van der Waals surface area contributed by atoms with Gasteiger partial charge in [-0.05, 0) is 57.5 Å². The van der Waals surface area contributed by atoms with Gasteiger partial charge in [0.25, 0.3) is 0 Å². The van der Waals surface area contributed by atoms with Crippen molar-refractivity contribution >= 4 is 11.8 Å². The molecule has 0 amide bonds. The van der Waals surface area contributed by atoms with E-state index in [-0.39, 0.29) is 0 Å². The van der Waals surface area contributed by atoms with Crippen LogP contribution in [0, 0.1) is 5.92 Å². The van der Waals surface area contributed by atoms with Gasteiger partial charge in [0.1, 0.15) is 0 Å². The molecule has 88 valence electrons. The highest BCUT2D eigenvalue weighted by Crippen LogP contribution is 2.23. The first kappa shape index (κ1) is 11.7. The Bertz CT molecular complexity index is 180. The lowest BCUT2D eigenvalue weighted by molar-refractivity contribution is 0.206. The van der Waals surface area contributed by atoms with Crippen molar-refractivity contribution in [1.29, 1.82) is 0 Å². The van der Waals surface area contributed by atoms with Crippen molar-refractivity contribution in [2.24, 2.45) is 5.92 Å². The van der Waals surface area contributed by atoms with E-state index >= 15 is 0 Å². The smallest absolute Gasteiger partial charge is 0.0186 e. The summed E-state index contributed by atoms with van der Waals surface area (Å²) in [4.78, 5) is 2.74. The molecule has 2 nitrogen and oxygen atoms in total. The summed E-state index contributed by atoms with van der Waals surface area (Å²) in [5.74, 6) is 2.25. The van der Waals surface area contributed by atoms with Gasteiger partial charge in [-0.1, -0.05) is 0 Å². The Morgan fingerprint density at radius 1 is 1.33 bits per heavy atom. The van der Waals surface area contributed by atoms with Crippen LogP contribution in [0.25, 0.3) is 0 Å². The van der Waals surface area contributed by atoms with E-state index in [1.54, 1.807) is 0 Å². The second-order valence-electron chi connectivity index (χ2n) is 4.96. The van der Waals surface area contributed by atoms with Gasteiger partial charge >= 0.3 is 0 Å². The molecule has 0 aromatic rings. The van der Waals surface area contributed by atoms with Crippen molar-refractivity contribution in [3.05, 3.63) is 0 Å². The summed E-state index contributed by atoms with van der Waals surface area (Å²) in [6.45, 7) is 5.19. The zero-order valence-corrected chi connectivity index (χ0v) is 10.7. The van der Waals surface area contributed by atoms with Gasteiger partial charge in [0, 0.05) is 18.3 Å². The standard InChI is InChI=1S/C12H24N2S/c1-15-10-12-5-3-7-14(12)9-11-4-2-6-13-8-11/h11-13H,2-10H2,1H3. The largest absolute Gasteiger partial charge is 0.316 e. The molecule has 2 aliphatic heterocycles. The number of likely N-dealkylation sites (tertiary alicyclic amines) is 1. The first-order valence-electron chi connectivity index (χ1n) is 6.34. The fourth-order valence-electron chi connectivity index (χ4n) is 2.93. The minimum absolute atomic E-state index is 0.877. The Labute approximate surface area is 98.2 Å². The third-order valence-corrected chi connectivity index (χ3v) is 4.47. The minimum atomic E-state index is 0.877. The van der Waals surface area contributed by atoms with Gasteiger partial charge in [0.05, 0.1) is 0 Å². The summed E-state index contributed by atoms with van der Waals surface area (Å²) < 4.78 is 0. The van der Waals surface area contributed by atoms with E-state index in [0.29, 0.717) is 0 Å². The highest BCUT2D eigenvalue weighted by molar-refractivity contribution is 7.98. The first-order valence-corrected chi connectivity index (χ1v) is 7.73. The fourth-order valence-corrected chi connectivity index (χ4v) is 3.69. The van der Waals surface area contributed by atoms with Crippen LogP contribution in [-0.4, -0.2) is 49.1 Å². The van der Waals surface area contributed by atoms with E-state index in [1.165, 1.54) is 57.6 Å². The predicted octanol–water partition coefficient (Wildman–Crippen LogP) is 1.81. The third-order valence-electron chi connectivity index (χ3n) is 3.75. The molecule has 1 N–H and O–H groups in total. The molecular weight excluding hydrogens is 204 g/mol. The Hall–Kier alpha value is 0.270. The maximum absolute atomic E-state index is 3.52. The molecule has 15 heavy (non-hydrogen) atoms. The number of nitrogens with zero attached hydrogens (tertiary/aromatic N) is 1. The molecule has 2 heterocycles. The van der Waals surface area contributed by atoms with Crippen LogP contribution in [0.4, 0.5) is 0 Å². The second kappa shape index (κ2) is 6.12. The number of hydrogen-bond donors (Lipinski definition) is 1. The van der Waals surface area contributed by atoms with E-state index < -0.39 is 0 Å². The molecule has 2 unspecified atom stereocenters. The van der Waals surface area contributed by atoms with Crippen LogP contribution in [0.2, 0.25) is 0 Å². The van der Waals surface area contributed by atoms with Crippen LogP contribution in [0.15, 0.2) is 0 Å². The molecular formula is C12H24N2S. The Balaban J connectivity index is 1.76. The van der Waals surface area contributed by atoms with Crippen molar-refractivity contribution in [3.8, 4) is 0 Å². The van der Waals surface area contributed by atoms with Crippen LogP contribution in [0.5, 0.6) is 0 Å². The van der Waals surface area contributed by atoms with Gasteiger partial charge < -0.3 is 5.32 Å². The summed E-state index contributed by atoms with van der Waals surface area (Å²) in [6.07, 6.45) is 7.91. The average molecular weight is 228 g/mol. The number of hydrogen-bond acceptors (Lipinski definition) is 3. The molecule has 2 saturated heterocycles. The van der Waals surface area contributed by atoms with Crippen LogP contribution < -0.4 is 5.32 Å². The van der Waals surface area contributed by atoms with E-state index in [1.807, 2.05) is 11.8 Å². The zero-order valence-electron chi connectivity index (χ0n) is 9.87. The van der Waals surface area contributed by atoms with E-state index in [0.717, 1.165) is 12.0 Å². The molecule has 0 radical (unpaired) electrons. The highest BCUT2D eigenvalue weighted by Gasteiger charge is 2.26. The molecule has 0 spiro atoms. The average Bonchev–Trinajstić information content (AvgIpc) is 2.68. The van der Waals surface area contributed by atoms with Crippen LogP contribution in [0.1, 0.15) is 25.7 Å². The molecule has 2 rings (SSSR count). The van der Waals surface area contributed by atoms with Gasteiger partial charge in [-0.2, -0.15) is 11.8 Å². The topological polar surface area (TPSA) is 15.3 Å². The van der Waals surface area contributed by atoms with Gasteiger partial charge in [-0.15, -0.1) is 0 Å². The molecule has 0 saturated carbocycles. The number of thioether (sulfide) groups is 1. The number of piperidine rings is 1. The lowest BCUT2D eigenvalue weighted by Gasteiger charge is -2.31. The molecule has 0 aromatic carbocycles. The SMILES string of the molecule is CSCC1CCCN1CC1CCCNC1. The van der Waals surface area contributed by atoms with Gasteiger partial charge in [-0.3, -0.25) is 4.90 Å². The summed E-state index contributed by atoms with van der Waals surface area (Å²) in [7, 11) is 0. The van der Waals surface area contributed by atoms with Crippen molar-refractivity contribution < 1.29 is 0 Å². The van der Waals surface area contributed by atoms with E-state index in [9.17, 15) is 0 Å². The van der Waals surface area contributed by atoms with Gasteiger partial charge in [0.2, 0.25) is 0 Å².